The summed E-state index contributed by atoms with van der Waals surface area (Å²) in [5, 5.41) is 12.6. The molecule has 0 aromatic rings. The molecule has 2 heterocycles. The van der Waals surface area contributed by atoms with Gasteiger partial charge in [-0.05, 0) is 45.1 Å². The van der Waals surface area contributed by atoms with Crippen LogP contribution in [0.4, 0.5) is 0 Å². The van der Waals surface area contributed by atoms with Crippen LogP contribution in [0.15, 0.2) is 0 Å². The molecule has 2 aliphatic heterocycles. The second kappa shape index (κ2) is 5.15. The Kier molecular flexibility index (Phi) is 3.82. The Labute approximate surface area is 96.4 Å². The molecule has 0 aromatic heterocycles. The van der Waals surface area contributed by atoms with Crippen LogP contribution >= 0.6 is 0 Å². The number of carboxylic acids is 1. The molecule has 0 saturated carbocycles. The molecule has 2 saturated heterocycles. The number of rotatable bonds is 3. The average Bonchev–Trinajstić information content (AvgIpc) is 2.31. The van der Waals surface area contributed by atoms with E-state index < -0.39 is 11.5 Å². The molecule has 2 unspecified atom stereocenters. The highest BCUT2D eigenvalue weighted by Gasteiger charge is 2.41. The molecule has 2 atom stereocenters. The van der Waals surface area contributed by atoms with Crippen molar-refractivity contribution in [2.75, 3.05) is 13.2 Å². The second-order valence-corrected chi connectivity index (χ2v) is 4.96. The fraction of sp³-hybridized carbons (Fsp3) is 0.917. The molecule has 0 bridgehead atoms. The summed E-state index contributed by atoms with van der Waals surface area (Å²) >= 11 is 0. The number of ether oxygens (including phenoxy) is 1. The Morgan fingerprint density at radius 2 is 2.25 bits per heavy atom. The maximum atomic E-state index is 11.4. The molecule has 2 N–H and O–H groups in total. The molecule has 16 heavy (non-hydrogen) atoms. The van der Waals surface area contributed by atoms with E-state index in [9.17, 15) is 9.90 Å². The van der Waals surface area contributed by atoms with Crippen LogP contribution in [0.25, 0.3) is 0 Å². The van der Waals surface area contributed by atoms with Gasteiger partial charge in [0, 0.05) is 13.0 Å². The fourth-order valence-electron chi connectivity index (χ4n) is 2.77. The lowest BCUT2D eigenvalue weighted by Gasteiger charge is -2.38. The largest absolute Gasteiger partial charge is 0.480 e. The van der Waals surface area contributed by atoms with E-state index in [0.29, 0.717) is 6.42 Å². The minimum atomic E-state index is -0.722. The van der Waals surface area contributed by atoms with E-state index in [0.717, 1.165) is 45.3 Å². The van der Waals surface area contributed by atoms with Gasteiger partial charge in [0.25, 0.3) is 0 Å². The molecule has 4 nitrogen and oxygen atoms in total. The van der Waals surface area contributed by atoms with Crippen LogP contribution in [-0.4, -0.2) is 35.9 Å². The van der Waals surface area contributed by atoms with Gasteiger partial charge in [-0.15, -0.1) is 0 Å². The third kappa shape index (κ3) is 2.55. The quantitative estimate of drug-likeness (QED) is 0.768. The molecular weight excluding hydrogens is 206 g/mol. The van der Waals surface area contributed by atoms with Crippen LogP contribution in [-0.2, 0) is 9.53 Å². The van der Waals surface area contributed by atoms with Crippen molar-refractivity contribution in [2.45, 2.75) is 56.6 Å². The minimum Gasteiger partial charge on any atom is -0.480 e. The maximum absolute atomic E-state index is 11.4. The predicted octanol–water partition coefficient (Wildman–Crippen LogP) is 1.54. The molecule has 0 amide bonds. The van der Waals surface area contributed by atoms with E-state index in [-0.39, 0.29) is 6.10 Å². The Morgan fingerprint density at radius 1 is 1.38 bits per heavy atom. The first kappa shape index (κ1) is 11.9. The Hall–Kier alpha value is -0.610. The number of piperidine rings is 1. The number of carboxylic acid groups (broad SMARTS) is 1. The van der Waals surface area contributed by atoms with Crippen LogP contribution in [0.2, 0.25) is 0 Å². The SMILES string of the molecule is O=C(O)C1(CC2CCCCO2)CCCCN1. The summed E-state index contributed by atoms with van der Waals surface area (Å²) in [6, 6.07) is 0. The standard InChI is InChI=1S/C12H21NO3/c14-11(15)12(6-2-3-7-13-12)9-10-5-1-4-8-16-10/h10,13H,1-9H2,(H,14,15). The molecule has 2 rings (SSSR count). The van der Waals surface area contributed by atoms with Gasteiger partial charge in [0.15, 0.2) is 0 Å². The Morgan fingerprint density at radius 3 is 2.81 bits per heavy atom. The number of nitrogens with one attached hydrogen (secondary N) is 1. The summed E-state index contributed by atoms with van der Waals surface area (Å²) in [7, 11) is 0. The van der Waals surface area contributed by atoms with E-state index in [4.69, 9.17) is 4.74 Å². The van der Waals surface area contributed by atoms with Crippen LogP contribution in [0, 0.1) is 0 Å². The molecular formula is C12H21NO3. The summed E-state index contributed by atoms with van der Waals surface area (Å²) in [5.74, 6) is -0.707. The van der Waals surface area contributed by atoms with Gasteiger partial charge < -0.3 is 15.2 Å². The Balaban J connectivity index is 1.98. The van der Waals surface area contributed by atoms with Gasteiger partial charge in [0.1, 0.15) is 5.54 Å². The molecule has 0 aliphatic carbocycles. The summed E-state index contributed by atoms with van der Waals surface area (Å²) in [5.41, 5.74) is -0.722. The number of hydrogen-bond donors (Lipinski definition) is 2. The molecule has 0 aromatic carbocycles. The smallest absolute Gasteiger partial charge is 0.323 e. The third-order valence-electron chi connectivity index (χ3n) is 3.75. The van der Waals surface area contributed by atoms with Gasteiger partial charge in [0.2, 0.25) is 0 Å². The van der Waals surface area contributed by atoms with Crippen molar-refractivity contribution in [1.82, 2.24) is 5.32 Å². The first-order valence-electron chi connectivity index (χ1n) is 6.33. The van der Waals surface area contributed by atoms with E-state index in [1.54, 1.807) is 0 Å². The van der Waals surface area contributed by atoms with E-state index in [1.165, 1.54) is 6.42 Å². The van der Waals surface area contributed by atoms with Gasteiger partial charge in [0.05, 0.1) is 6.10 Å². The molecule has 2 aliphatic rings. The van der Waals surface area contributed by atoms with Gasteiger partial charge in [-0.1, -0.05) is 0 Å². The number of hydrogen-bond acceptors (Lipinski definition) is 3. The molecule has 0 spiro atoms. The normalized spacial score (nSPS) is 35.9. The van der Waals surface area contributed by atoms with Gasteiger partial charge in [-0.2, -0.15) is 0 Å². The monoisotopic (exact) mass is 227 g/mol. The average molecular weight is 227 g/mol. The molecule has 92 valence electrons. The Bertz CT molecular complexity index is 243. The summed E-state index contributed by atoms with van der Waals surface area (Å²) in [6.45, 7) is 1.61. The zero-order chi connectivity index (χ0) is 11.4. The van der Waals surface area contributed by atoms with E-state index >= 15 is 0 Å². The van der Waals surface area contributed by atoms with Crippen molar-refractivity contribution >= 4 is 5.97 Å². The van der Waals surface area contributed by atoms with Crippen LogP contribution in [0.5, 0.6) is 0 Å². The predicted molar refractivity (Wildman–Crippen MR) is 60.4 cm³/mol. The van der Waals surface area contributed by atoms with Gasteiger partial charge >= 0.3 is 5.97 Å². The maximum Gasteiger partial charge on any atom is 0.323 e. The van der Waals surface area contributed by atoms with Crippen molar-refractivity contribution in [3.05, 3.63) is 0 Å². The number of aliphatic carboxylic acids is 1. The molecule has 4 heteroatoms. The second-order valence-electron chi connectivity index (χ2n) is 4.96. The van der Waals surface area contributed by atoms with Crippen molar-refractivity contribution in [3.63, 3.8) is 0 Å². The van der Waals surface area contributed by atoms with Crippen LogP contribution in [0.3, 0.4) is 0 Å². The first-order valence-corrected chi connectivity index (χ1v) is 6.33. The highest BCUT2D eigenvalue weighted by molar-refractivity contribution is 5.79. The van der Waals surface area contributed by atoms with Crippen LogP contribution < -0.4 is 5.32 Å². The zero-order valence-electron chi connectivity index (χ0n) is 9.71. The van der Waals surface area contributed by atoms with Crippen molar-refractivity contribution < 1.29 is 14.6 Å². The summed E-state index contributed by atoms with van der Waals surface area (Å²) in [4.78, 5) is 11.4. The third-order valence-corrected chi connectivity index (χ3v) is 3.75. The lowest BCUT2D eigenvalue weighted by Crippen LogP contribution is -2.56. The minimum absolute atomic E-state index is 0.135. The van der Waals surface area contributed by atoms with Gasteiger partial charge in [-0.25, -0.2) is 0 Å². The van der Waals surface area contributed by atoms with E-state index in [1.807, 2.05) is 0 Å². The highest BCUT2D eigenvalue weighted by atomic mass is 16.5. The molecule has 2 fully saturated rings. The zero-order valence-corrected chi connectivity index (χ0v) is 9.71. The highest BCUT2D eigenvalue weighted by Crippen LogP contribution is 2.29. The lowest BCUT2D eigenvalue weighted by atomic mass is 9.82. The van der Waals surface area contributed by atoms with Gasteiger partial charge in [-0.3, -0.25) is 4.79 Å². The fourth-order valence-corrected chi connectivity index (χ4v) is 2.77. The summed E-state index contributed by atoms with van der Waals surface area (Å²) in [6.07, 6.45) is 6.88. The first-order chi connectivity index (χ1) is 7.73. The lowest BCUT2D eigenvalue weighted by molar-refractivity contribution is -0.148. The number of carbonyl (C=O) groups is 1. The van der Waals surface area contributed by atoms with E-state index in [2.05, 4.69) is 5.32 Å². The molecule has 0 radical (unpaired) electrons. The topological polar surface area (TPSA) is 58.6 Å². The van der Waals surface area contributed by atoms with Crippen molar-refractivity contribution in [2.24, 2.45) is 0 Å². The van der Waals surface area contributed by atoms with Crippen molar-refractivity contribution in [1.29, 1.82) is 0 Å². The van der Waals surface area contributed by atoms with Crippen molar-refractivity contribution in [3.8, 4) is 0 Å². The summed E-state index contributed by atoms with van der Waals surface area (Å²) < 4.78 is 5.65. The van der Waals surface area contributed by atoms with Crippen LogP contribution in [0.1, 0.15) is 44.9 Å².